The Morgan fingerprint density at radius 1 is 1.23 bits per heavy atom. The van der Waals surface area contributed by atoms with Crippen LogP contribution in [0.25, 0.3) is 11.1 Å². The Morgan fingerprint density at radius 2 is 2.08 bits per heavy atom. The maximum atomic E-state index is 12.9. The summed E-state index contributed by atoms with van der Waals surface area (Å²) in [5.74, 6) is -0.221. The SMILES string of the molecule is Cc1ccc(F)cc1-c1ccoc1. The summed E-state index contributed by atoms with van der Waals surface area (Å²) >= 11 is 0. The van der Waals surface area contributed by atoms with Crippen molar-refractivity contribution in [2.75, 3.05) is 0 Å². The highest BCUT2D eigenvalue weighted by atomic mass is 19.1. The normalized spacial score (nSPS) is 10.3. The van der Waals surface area contributed by atoms with Crippen molar-refractivity contribution in [1.82, 2.24) is 0 Å². The van der Waals surface area contributed by atoms with Gasteiger partial charge < -0.3 is 4.42 Å². The van der Waals surface area contributed by atoms with E-state index < -0.39 is 0 Å². The van der Waals surface area contributed by atoms with Crippen LogP contribution in [0, 0.1) is 12.7 Å². The van der Waals surface area contributed by atoms with Crippen molar-refractivity contribution in [3.05, 3.63) is 48.2 Å². The zero-order chi connectivity index (χ0) is 9.26. The first-order chi connectivity index (χ1) is 6.27. The lowest BCUT2D eigenvalue weighted by atomic mass is 10.0. The molecule has 0 aliphatic carbocycles. The Bertz CT molecular complexity index is 404. The summed E-state index contributed by atoms with van der Waals surface area (Å²) in [6.45, 7) is 1.95. The van der Waals surface area contributed by atoms with E-state index in [1.165, 1.54) is 12.1 Å². The molecule has 0 saturated heterocycles. The van der Waals surface area contributed by atoms with Crippen LogP contribution in [0.3, 0.4) is 0 Å². The van der Waals surface area contributed by atoms with Gasteiger partial charge in [-0.1, -0.05) is 6.07 Å². The Morgan fingerprint density at radius 3 is 2.77 bits per heavy atom. The first kappa shape index (κ1) is 8.05. The standard InChI is InChI=1S/C11H9FO/c1-8-2-3-10(12)6-11(8)9-4-5-13-7-9/h2-7H,1H3. The van der Waals surface area contributed by atoms with Crippen molar-refractivity contribution in [2.24, 2.45) is 0 Å². The van der Waals surface area contributed by atoms with Gasteiger partial charge in [-0.15, -0.1) is 0 Å². The summed E-state index contributed by atoms with van der Waals surface area (Å²) in [4.78, 5) is 0. The third kappa shape index (κ3) is 1.47. The molecule has 0 saturated carbocycles. The van der Waals surface area contributed by atoms with E-state index in [1.807, 2.05) is 13.0 Å². The van der Waals surface area contributed by atoms with E-state index >= 15 is 0 Å². The number of hydrogen-bond donors (Lipinski definition) is 0. The predicted molar refractivity (Wildman–Crippen MR) is 48.8 cm³/mol. The topological polar surface area (TPSA) is 13.1 Å². The van der Waals surface area contributed by atoms with Crippen molar-refractivity contribution in [1.29, 1.82) is 0 Å². The molecule has 0 bridgehead atoms. The Kier molecular flexibility index (Phi) is 1.89. The largest absolute Gasteiger partial charge is 0.472 e. The average Bonchev–Trinajstić information content (AvgIpc) is 2.61. The van der Waals surface area contributed by atoms with Crippen LogP contribution in [0.15, 0.2) is 41.2 Å². The second kappa shape index (κ2) is 3.05. The summed E-state index contributed by atoms with van der Waals surface area (Å²) in [5.41, 5.74) is 2.84. The van der Waals surface area contributed by atoms with Gasteiger partial charge in [0.1, 0.15) is 5.82 Å². The van der Waals surface area contributed by atoms with E-state index in [4.69, 9.17) is 4.42 Å². The number of halogens is 1. The van der Waals surface area contributed by atoms with E-state index in [0.29, 0.717) is 0 Å². The molecule has 0 unspecified atom stereocenters. The van der Waals surface area contributed by atoms with Gasteiger partial charge in [-0.2, -0.15) is 0 Å². The fraction of sp³-hybridized carbons (Fsp3) is 0.0909. The summed E-state index contributed by atoms with van der Waals surface area (Å²) in [7, 11) is 0. The zero-order valence-corrected chi connectivity index (χ0v) is 7.25. The van der Waals surface area contributed by atoms with E-state index in [9.17, 15) is 4.39 Å². The van der Waals surface area contributed by atoms with Crippen LogP contribution in [-0.4, -0.2) is 0 Å². The fourth-order valence-electron chi connectivity index (χ4n) is 1.32. The van der Waals surface area contributed by atoms with Crippen molar-refractivity contribution < 1.29 is 8.81 Å². The highest BCUT2D eigenvalue weighted by molar-refractivity contribution is 5.65. The van der Waals surface area contributed by atoms with E-state index in [-0.39, 0.29) is 5.82 Å². The third-order valence-electron chi connectivity index (χ3n) is 2.03. The number of hydrogen-bond acceptors (Lipinski definition) is 1. The summed E-state index contributed by atoms with van der Waals surface area (Å²) < 4.78 is 17.8. The Labute approximate surface area is 75.8 Å². The zero-order valence-electron chi connectivity index (χ0n) is 7.25. The molecule has 2 heteroatoms. The molecule has 0 fully saturated rings. The van der Waals surface area contributed by atoms with Crippen LogP contribution in [0.2, 0.25) is 0 Å². The first-order valence-corrected chi connectivity index (χ1v) is 4.06. The fourth-order valence-corrected chi connectivity index (χ4v) is 1.32. The number of furan rings is 1. The lowest BCUT2D eigenvalue weighted by Crippen LogP contribution is -1.82. The molecule has 2 rings (SSSR count). The molecule has 1 nitrogen and oxygen atoms in total. The van der Waals surface area contributed by atoms with Gasteiger partial charge in [-0.3, -0.25) is 0 Å². The Hall–Kier alpha value is -1.57. The van der Waals surface area contributed by atoms with E-state index in [1.54, 1.807) is 18.6 Å². The predicted octanol–water partition coefficient (Wildman–Crippen LogP) is 3.39. The van der Waals surface area contributed by atoms with Crippen molar-refractivity contribution >= 4 is 0 Å². The molecule has 0 spiro atoms. The van der Waals surface area contributed by atoms with Crippen LogP contribution in [0.4, 0.5) is 4.39 Å². The van der Waals surface area contributed by atoms with Crippen molar-refractivity contribution in [3.8, 4) is 11.1 Å². The van der Waals surface area contributed by atoms with Crippen molar-refractivity contribution in [2.45, 2.75) is 6.92 Å². The van der Waals surface area contributed by atoms with Gasteiger partial charge in [-0.05, 0) is 36.2 Å². The molecule has 13 heavy (non-hydrogen) atoms. The summed E-state index contributed by atoms with van der Waals surface area (Å²) in [5, 5.41) is 0. The van der Waals surface area contributed by atoms with Gasteiger partial charge in [0.15, 0.2) is 0 Å². The maximum Gasteiger partial charge on any atom is 0.123 e. The average molecular weight is 176 g/mol. The Balaban J connectivity index is 2.57. The molecular weight excluding hydrogens is 167 g/mol. The number of aryl methyl sites for hydroxylation is 1. The monoisotopic (exact) mass is 176 g/mol. The molecule has 0 aliphatic rings. The van der Waals surface area contributed by atoms with Gasteiger partial charge in [0, 0.05) is 5.56 Å². The second-order valence-electron chi connectivity index (χ2n) is 2.97. The lowest BCUT2D eigenvalue weighted by Gasteiger charge is -2.01. The van der Waals surface area contributed by atoms with Crippen molar-refractivity contribution in [3.63, 3.8) is 0 Å². The van der Waals surface area contributed by atoms with Gasteiger partial charge in [0.2, 0.25) is 0 Å². The van der Waals surface area contributed by atoms with Crippen LogP contribution in [0.1, 0.15) is 5.56 Å². The summed E-state index contributed by atoms with van der Waals surface area (Å²) in [6, 6.07) is 6.55. The molecule has 0 radical (unpaired) electrons. The molecule has 1 aromatic carbocycles. The van der Waals surface area contributed by atoms with Gasteiger partial charge >= 0.3 is 0 Å². The molecule has 0 atom stereocenters. The molecule has 1 aromatic heterocycles. The summed E-state index contributed by atoms with van der Waals surface area (Å²) in [6.07, 6.45) is 3.20. The third-order valence-corrected chi connectivity index (χ3v) is 2.03. The van der Waals surface area contributed by atoms with Crippen LogP contribution < -0.4 is 0 Å². The molecule has 0 N–H and O–H groups in total. The van der Waals surface area contributed by atoms with Gasteiger partial charge in [-0.25, -0.2) is 4.39 Å². The van der Waals surface area contributed by atoms with Crippen LogP contribution >= 0.6 is 0 Å². The number of rotatable bonds is 1. The molecular formula is C11H9FO. The molecule has 1 heterocycles. The first-order valence-electron chi connectivity index (χ1n) is 4.06. The van der Waals surface area contributed by atoms with Crippen LogP contribution in [0.5, 0.6) is 0 Å². The molecule has 0 amide bonds. The van der Waals surface area contributed by atoms with E-state index in [2.05, 4.69) is 0 Å². The quantitative estimate of drug-likeness (QED) is 0.649. The minimum Gasteiger partial charge on any atom is -0.472 e. The molecule has 66 valence electrons. The molecule has 0 aliphatic heterocycles. The molecule has 2 aromatic rings. The minimum absolute atomic E-state index is 0.221. The smallest absolute Gasteiger partial charge is 0.123 e. The lowest BCUT2D eigenvalue weighted by molar-refractivity contribution is 0.568. The second-order valence-corrected chi connectivity index (χ2v) is 2.97. The van der Waals surface area contributed by atoms with Gasteiger partial charge in [0.25, 0.3) is 0 Å². The number of benzene rings is 1. The maximum absolute atomic E-state index is 12.9. The van der Waals surface area contributed by atoms with E-state index in [0.717, 1.165) is 16.7 Å². The van der Waals surface area contributed by atoms with Gasteiger partial charge in [0.05, 0.1) is 12.5 Å². The highest BCUT2D eigenvalue weighted by Crippen LogP contribution is 2.24. The van der Waals surface area contributed by atoms with Crippen LogP contribution in [-0.2, 0) is 0 Å². The highest BCUT2D eigenvalue weighted by Gasteiger charge is 2.03. The minimum atomic E-state index is -0.221.